The van der Waals surface area contributed by atoms with Gasteiger partial charge in [-0.2, -0.15) is 0 Å². The van der Waals surface area contributed by atoms with Gasteiger partial charge in [0.05, 0.1) is 5.69 Å². The summed E-state index contributed by atoms with van der Waals surface area (Å²) in [6.07, 6.45) is 2.87. The Hall–Kier alpha value is -1.89. The Morgan fingerprint density at radius 3 is 2.81 bits per heavy atom. The summed E-state index contributed by atoms with van der Waals surface area (Å²) in [7, 11) is 0. The van der Waals surface area contributed by atoms with Crippen LogP contribution >= 0.6 is 0 Å². The number of nitrogens with zero attached hydrogens (tertiary/aromatic N) is 1. The lowest BCUT2D eigenvalue weighted by atomic mass is 9.97. The predicted octanol–water partition coefficient (Wildman–Crippen LogP) is 3.52. The second-order valence-electron chi connectivity index (χ2n) is 4.05. The highest BCUT2D eigenvalue weighted by atomic mass is 14.7. The zero-order valence-electron chi connectivity index (χ0n) is 8.98. The topological polar surface area (TPSA) is 12.4 Å². The highest BCUT2D eigenvalue weighted by Crippen LogP contribution is 2.28. The molecule has 0 saturated heterocycles. The average Bonchev–Trinajstić information content (AvgIpc) is 2.50. The molecule has 1 nitrogen and oxygen atoms in total. The summed E-state index contributed by atoms with van der Waals surface area (Å²) in [5.41, 5.74) is 5.89. The number of benzene rings is 2. The smallest absolute Gasteiger partial charge is 0.0667 e. The largest absolute Gasteiger partial charge is 0.256 e. The third-order valence-electron chi connectivity index (χ3n) is 3.01. The highest BCUT2D eigenvalue weighted by Gasteiger charge is 2.11. The first kappa shape index (κ1) is 9.34. The molecule has 1 radical (unpaired) electrons. The van der Waals surface area contributed by atoms with Crippen molar-refractivity contribution in [2.75, 3.05) is 0 Å². The first-order chi connectivity index (χ1) is 7.84. The van der Waals surface area contributed by atoms with Gasteiger partial charge in [-0.05, 0) is 35.2 Å². The van der Waals surface area contributed by atoms with E-state index in [4.69, 9.17) is 0 Å². The summed E-state index contributed by atoms with van der Waals surface area (Å²) in [5.74, 6) is 0. The molecule has 1 aliphatic rings. The molecule has 2 aromatic rings. The standard InChI is InChI=1S/C15H12N/c1-11-5-4-8-15-14(11)9-12-6-2-3-7-13(12)10-16-15/h2-8,10H,1,9H2. The predicted molar refractivity (Wildman–Crippen MR) is 67.4 cm³/mol. The monoisotopic (exact) mass is 206 g/mol. The van der Waals surface area contributed by atoms with E-state index in [1.54, 1.807) is 0 Å². The molecule has 0 N–H and O–H groups in total. The Morgan fingerprint density at radius 1 is 1.00 bits per heavy atom. The van der Waals surface area contributed by atoms with Gasteiger partial charge in [0.15, 0.2) is 0 Å². The molecular formula is C15H12N. The minimum Gasteiger partial charge on any atom is -0.256 e. The van der Waals surface area contributed by atoms with Gasteiger partial charge in [-0.3, -0.25) is 4.99 Å². The summed E-state index contributed by atoms with van der Waals surface area (Å²) < 4.78 is 0. The maximum absolute atomic E-state index is 4.52. The van der Waals surface area contributed by atoms with Gasteiger partial charge in [0.2, 0.25) is 0 Å². The van der Waals surface area contributed by atoms with E-state index in [-0.39, 0.29) is 0 Å². The molecular weight excluding hydrogens is 194 g/mol. The van der Waals surface area contributed by atoms with Crippen LogP contribution in [0.15, 0.2) is 47.5 Å². The van der Waals surface area contributed by atoms with E-state index in [9.17, 15) is 0 Å². The van der Waals surface area contributed by atoms with Crippen LogP contribution < -0.4 is 0 Å². The van der Waals surface area contributed by atoms with Gasteiger partial charge in [-0.1, -0.05) is 36.4 Å². The van der Waals surface area contributed by atoms with Crippen LogP contribution in [0.2, 0.25) is 0 Å². The number of aliphatic imine (C=N–C) groups is 1. The van der Waals surface area contributed by atoms with Crippen LogP contribution in [-0.4, -0.2) is 6.21 Å². The van der Waals surface area contributed by atoms with Crippen LogP contribution in [-0.2, 0) is 6.42 Å². The molecule has 77 valence electrons. The summed E-state index contributed by atoms with van der Waals surface area (Å²) >= 11 is 0. The molecule has 0 aromatic heterocycles. The van der Waals surface area contributed by atoms with Crippen molar-refractivity contribution in [3.05, 3.63) is 71.6 Å². The molecule has 0 unspecified atom stereocenters. The van der Waals surface area contributed by atoms with Crippen LogP contribution in [0.25, 0.3) is 0 Å². The third-order valence-corrected chi connectivity index (χ3v) is 3.01. The Bertz CT molecular complexity index is 567. The molecule has 0 atom stereocenters. The lowest BCUT2D eigenvalue weighted by Crippen LogP contribution is -1.93. The van der Waals surface area contributed by atoms with Gasteiger partial charge < -0.3 is 0 Å². The molecule has 1 aliphatic heterocycles. The van der Waals surface area contributed by atoms with Gasteiger partial charge in [-0.25, -0.2) is 0 Å². The lowest BCUT2D eigenvalue weighted by molar-refractivity contribution is 1.18. The lowest BCUT2D eigenvalue weighted by Gasteiger charge is -2.07. The molecule has 3 rings (SSSR count). The molecule has 1 heteroatoms. The van der Waals surface area contributed by atoms with Gasteiger partial charge in [0.25, 0.3) is 0 Å². The highest BCUT2D eigenvalue weighted by molar-refractivity contribution is 5.86. The van der Waals surface area contributed by atoms with Crippen molar-refractivity contribution in [3.8, 4) is 0 Å². The second-order valence-corrected chi connectivity index (χ2v) is 4.05. The van der Waals surface area contributed by atoms with Crippen molar-refractivity contribution < 1.29 is 0 Å². The van der Waals surface area contributed by atoms with Crippen molar-refractivity contribution in [2.24, 2.45) is 4.99 Å². The molecule has 0 amide bonds. The summed E-state index contributed by atoms with van der Waals surface area (Å²) in [6.45, 7) is 4.07. The fourth-order valence-electron chi connectivity index (χ4n) is 2.10. The molecule has 16 heavy (non-hydrogen) atoms. The van der Waals surface area contributed by atoms with E-state index in [0.29, 0.717) is 0 Å². The van der Waals surface area contributed by atoms with Crippen LogP contribution in [0, 0.1) is 6.92 Å². The molecule has 0 bridgehead atoms. The van der Waals surface area contributed by atoms with Crippen LogP contribution in [0.4, 0.5) is 5.69 Å². The SMILES string of the molecule is [CH2]c1cccc2c1Cc1ccccc1C=N2. The maximum Gasteiger partial charge on any atom is 0.0667 e. The molecule has 0 spiro atoms. The van der Waals surface area contributed by atoms with Gasteiger partial charge in [0, 0.05) is 12.6 Å². The van der Waals surface area contributed by atoms with E-state index < -0.39 is 0 Å². The fraction of sp³-hybridized carbons (Fsp3) is 0.0667. The first-order valence-electron chi connectivity index (χ1n) is 5.40. The van der Waals surface area contributed by atoms with E-state index in [1.165, 1.54) is 16.7 Å². The molecule has 0 saturated carbocycles. The molecule has 0 aliphatic carbocycles. The minimum absolute atomic E-state index is 0.922. The quantitative estimate of drug-likeness (QED) is 0.533. The minimum atomic E-state index is 0.922. The van der Waals surface area contributed by atoms with Crippen molar-refractivity contribution in [2.45, 2.75) is 6.42 Å². The van der Waals surface area contributed by atoms with Crippen molar-refractivity contribution in [1.29, 1.82) is 0 Å². The molecule has 0 fully saturated rings. The van der Waals surface area contributed by atoms with E-state index in [2.05, 4.69) is 30.1 Å². The van der Waals surface area contributed by atoms with E-state index in [0.717, 1.165) is 17.7 Å². The fourth-order valence-corrected chi connectivity index (χ4v) is 2.10. The number of hydrogen-bond donors (Lipinski definition) is 0. The maximum atomic E-state index is 4.52. The zero-order chi connectivity index (χ0) is 11.0. The van der Waals surface area contributed by atoms with Crippen molar-refractivity contribution >= 4 is 11.9 Å². The van der Waals surface area contributed by atoms with Crippen molar-refractivity contribution in [3.63, 3.8) is 0 Å². The van der Waals surface area contributed by atoms with E-state index >= 15 is 0 Å². The first-order valence-corrected chi connectivity index (χ1v) is 5.40. The van der Waals surface area contributed by atoms with E-state index in [1.807, 2.05) is 30.5 Å². The van der Waals surface area contributed by atoms with Crippen molar-refractivity contribution in [1.82, 2.24) is 0 Å². The molecule has 2 aromatic carbocycles. The normalized spacial score (nSPS) is 12.8. The van der Waals surface area contributed by atoms with Gasteiger partial charge >= 0.3 is 0 Å². The number of fused-ring (bicyclic) bond motifs is 2. The van der Waals surface area contributed by atoms with Crippen LogP contribution in [0.5, 0.6) is 0 Å². The Morgan fingerprint density at radius 2 is 1.88 bits per heavy atom. The second kappa shape index (κ2) is 3.60. The van der Waals surface area contributed by atoms with Gasteiger partial charge in [0.1, 0.15) is 0 Å². The average molecular weight is 206 g/mol. The Balaban J connectivity index is 2.22. The number of hydrogen-bond acceptors (Lipinski definition) is 1. The summed E-state index contributed by atoms with van der Waals surface area (Å²) in [6, 6.07) is 14.5. The van der Waals surface area contributed by atoms with Crippen LogP contribution in [0.3, 0.4) is 0 Å². The molecule has 1 heterocycles. The summed E-state index contributed by atoms with van der Waals surface area (Å²) in [4.78, 5) is 4.52. The third kappa shape index (κ3) is 1.45. The Labute approximate surface area is 95.5 Å². The van der Waals surface area contributed by atoms with Gasteiger partial charge in [-0.15, -0.1) is 0 Å². The Kier molecular flexibility index (Phi) is 2.10. The summed E-state index contributed by atoms with van der Waals surface area (Å²) in [5, 5.41) is 0. The number of rotatable bonds is 0. The zero-order valence-corrected chi connectivity index (χ0v) is 8.98. The van der Waals surface area contributed by atoms with Crippen LogP contribution in [0.1, 0.15) is 22.3 Å².